The molecule has 1 atom stereocenters. The van der Waals surface area contributed by atoms with Crippen molar-refractivity contribution in [3.05, 3.63) is 70.9 Å². The number of methoxy groups -OCH3 is 2. The van der Waals surface area contributed by atoms with E-state index in [0.717, 1.165) is 35.4 Å². The van der Waals surface area contributed by atoms with Crippen LogP contribution in [0.4, 0.5) is 5.95 Å². The van der Waals surface area contributed by atoms with Gasteiger partial charge in [0.2, 0.25) is 11.1 Å². The molecule has 7 nitrogen and oxygen atoms in total. The Hall–Kier alpha value is -3.26. The van der Waals surface area contributed by atoms with E-state index >= 15 is 0 Å². The zero-order valence-corrected chi connectivity index (χ0v) is 18.8. The van der Waals surface area contributed by atoms with Gasteiger partial charge in [0, 0.05) is 23.4 Å². The van der Waals surface area contributed by atoms with Gasteiger partial charge < -0.3 is 14.8 Å². The Bertz CT molecular complexity index is 1190. The van der Waals surface area contributed by atoms with Crippen molar-refractivity contribution >= 4 is 23.5 Å². The molecule has 0 saturated heterocycles. The fourth-order valence-electron chi connectivity index (χ4n) is 4.25. The molecule has 0 radical (unpaired) electrons. The second kappa shape index (κ2) is 8.70. The number of fused-ring (bicyclic) bond motifs is 1. The summed E-state index contributed by atoms with van der Waals surface area (Å²) in [7, 11) is 3.22. The lowest BCUT2D eigenvalue weighted by Crippen LogP contribution is -2.31. The second-order valence-corrected chi connectivity index (χ2v) is 8.69. The Balaban J connectivity index is 1.54. The summed E-state index contributed by atoms with van der Waals surface area (Å²) in [4.78, 5) is 17.7. The van der Waals surface area contributed by atoms with Crippen molar-refractivity contribution in [2.75, 3.05) is 19.5 Å². The van der Waals surface area contributed by atoms with Crippen molar-refractivity contribution in [1.29, 1.82) is 0 Å². The maximum atomic E-state index is 13.0. The molecule has 0 saturated carbocycles. The number of Topliss-reactive ketones (excluding diaryl/α,β-unsaturated/α-hetero) is 1. The first kappa shape index (κ1) is 20.6. The van der Waals surface area contributed by atoms with Crippen molar-refractivity contribution in [2.24, 2.45) is 0 Å². The number of benzene rings is 2. The van der Waals surface area contributed by atoms with Crippen molar-refractivity contribution < 1.29 is 14.3 Å². The molecule has 1 N–H and O–H groups in total. The number of hydrogen-bond acceptors (Lipinski definition) is 7. The molecule has 5 rings (SSSR count). The quantitative estimate of drug-likeness (QED) is 0.552. The third kappa shape index (κ3) is 3.75. The molecule has 1 aromatic heterocycles. The van der Waals surface area contributed by atoms with E-state index in [0.29, 0.717) is 29.0 Å². The molecular formula is C24H24N4O3S. The standard InChI is InChI=1S/C24H24N4O3S/c1-30-19-12-11-16(13-20(19)31-2)22-21-17(9-6-10-18(21)29)25-23-26-24(27-28(22)23)32-14-15-7-4-3-5-8-15/h3-5,7-8,11-13,22H,6,9-10,14H2,1-2H3,(H,25,26,27)/t22-/m1/s1. The van der Waals surface area contributed by atoms with Gasteiger partial charge in [-0.3, -0.25) is 4.79 Å². The molecule has 1 aliphatic heterocycles. The van der Waals surface area contributed by atoms with Crippen molar-refractivity contribution in [3.63, 3.8) is 0 Å². The summed E-state index contributed by atoms with van der Waals surface area (Å²) < 4.78 is 12.7. The first-order chi connectivity index (χ1) is 15.7. The highest BCUT2D eigenvalue weighted by Crippen LogP contribution is 2.42. The van der Waals surface area contributed by atoms with Gasteiger partial charge in [-0.1, -0.05) is 48.2 Å². The molecule has 0 unspecified atom stereocenters. The normalized spacial score (nSPS) is 17.4. The molecule has 0 amide bonds. The highest BCUT2D eigenvalue weighted by atomic mass is 32.2. The van der Waals surface area contributed by atoms with Crippen LogP contribution in [0, 0.1) is 0 Å². The topological polar surface area (TPSA) is 78.3 Å². The zero-order valence-electron chi connectivity index (χ0n) is 18.0. The van der Waals surface area contributed by atoms with Gasteiger partial charge in [0.1, 0.15) is 6.04 Å². The molecule has 32 heavy (non-hydrogen) atoms. The molecule has 1 aliphatic carbocycles. The maximum absolute atomic E-state index is 13.0. The number of thioether (sulfide) groups is 1. The van der Waals surface area contributed by atoms with E-state index in [1.165, 1.54) is 5.56 Å². The number of ketones is 1. The fourth-order valence-corrected chi connectivity index (χ4v) is 5.04. The van der Waals surface area contributed by atoms with E-state index in [-0.39, 0.29) is 11.8 Å². The average Bonchev–Trinajstić information content (AvgIpc) is 3.24. The fraction of sp³-hybridized carbons (Fsp3) is 0.292. The van der Waals surface area contributed by atoms with E-state index in [4.69, 9.17) is 19.6 Å². The minimum absolute atomic E-state index is 0.151. The largest absolute Gasteiger partial charge is 0.493 e. The third-order valence-corrected chi connectivity index (χ3v) is 6.69. The zero-order chi connectivity index (χ0) is 22.1. The summed E-state index contributed by atoms with van der Waals surface area (Å²) in [5.74, 6) is 2.85. The van der Waals surface area contributed by atoms with Crippen molar-refractivity contribution in [2.45, 2.75) is 36.2 Å². The minimum atomic E-state index is -0.354. The minimum Gasteiger partial charge on any atom is -0.493 e. The van der Waals surface area contributed by atoms with Crippen molar-refractivity contribution in [1.82, 2.24) is 14.8 Å². The van der Waals surface area contributed by atoms with E-state index in [1.807, 2.05) is 41.1 Å². The van der Waals surface area contributed by atoms with Crippen LogP contribution in [0.5, 0.6) is 11.5 Å². The summed E-state index contributed by atoms with van der Waals surface area (Å²) in [5, 5.41) is 8.85. The first-order valence-electron chi connectivity index (χ1n) is 10.6. The van der Waals surface area contributed by atoms with E-state index in [2.05, 4.69) is 17.4 Å². The van der Waals surface area contributed by atoms with Crippen LogP contribution in [0.2, 0.25) is 0 Å². The number of nitrogens with one attached hydrogen (secondary N) is 1. The lowest BCUT2D eigenvalue weighted by Gasteiger charge is -2.32. The lowest BCUT2D eigenvalue weighted by molar-refractivity contribution is -0.116. The molecule has 2 aliphatic rings. The Labute approximate surface area is 190 Å². The Kier molecular flexibility index (Phi) is 5.61. The van der Waals surface area contributed by atoms with E-state index in [1.54, 1.807) is 26.0 Å². The number of nitrogens with zero attached hydrogens (tertiary/aromatic N) is 3. The van der Waals surface area contributed by atoms with Crippen molar-refractivity contribution in [3.8, 4) is 11.5 Å². The number of ether oxygens (including phenoxy) is 2. The molecule has 164 valence electrons. The Morgan fingerprint density at radius 1 is 1.09 bits per heavy atom. The number of anilines is 1. The van der Waals surface area contributed by atoms with Gasteiger partial charge in [-0.05, 0) is 36.1 Å². The molecule has 0 spiro atoms. The van der Waals surface area contributed by atoms with Gasteiger partial charge in [0.15, 0.2) is 17.3 Å². The summed E-state index contributed by atoms with van der Waals surface area (Å²) in [5.41, 5.74) is 3.83. The van der Waals surface area contributed by atoms with Crippen LogP contribution in [0.25, 0.3) is 0 Å². The molecule has 2 aromatic carbocycles. The molecule has 8 heteroatoms. The predicted octanol–water partition coefficient (Wildman–Crippen LogP) is 4.61. The maximum Gasteiger partial charge on any atom is 0.227 e. The van der Waals surface area contributed by atoms with E-state index < -0.39 is 0 Å². The van der Waals surface area contributed by atoms with Crippen LogP contribution in [-0.4, -0.2) is 34.8 Å². The number of rotatable bonds is 6. The van der Waals surface area contributed by atoms with Crippen LogP contribution < -0.4 is 14.8 Å². The number of carbonyl (C=O) groups excluding carboxylic acids is 1. The molecular weight excluding hydrogens is 424 g/mol. The van der Waals surface area contributed by atoms with Gasteiger partial charge in [0.05, 0.1) is 14.2 Å². The van der Waals surface area contributed by atoms with Gasteiger partial charge in [-0.2, -0.15) is 4.98 Å². The first-order valence-corrected chi connectivity index (χ1v) is 11.5. The summed E-state index contributed by atoms with van der Waals surface area (Å²) in [6.45, 7) is 0. The van der Waals surface area contributed by atoms with Crippen LogP contribution in [0.15, 0.2) is 65.0 Å². The number of carbonyl (C=O) groups is 1. The average molecular weight is 449 g/mol. The van der Waals surface area contributed by atoms with Crippen LogP contribution in [-0.2, 0) is 10.5 Å². The third-order valence-electron chi connectivity index (χ3n) is 5.78. The second-order valence-electron chi connectivity index (χ2n) is 7.75. The van der Waals surface area contributed by atoms with Crippen LogP contribution in [0.3, 0.4) is 0 Å². The Morgan fingerprint density at radius 3 is 2.69 bits per heavy atom. The SMILES string of the molecule is COc1ccc([C@@H]2C3=C(CCCC3=O)Nc3nc(SCc4ccccc4)nn32)cc1OC. The van der Waals surface area contributed by atoms with Crippen LogP contribution in [0.1, 0.15) is 36.4 Å². The highest BCUT2D eigenvalue weighted by Gasteiger charge is 2.37. The molecule has 2 heterocycles. The monoisotopic (exact) mass is 448 g/mol. The summed E-state index contributed by atoms with van der Waals surface area (Å²) >= 11 is 1.58. The van der Waals surface area contributed by atoms with Gasteiger partial charge in [-0.15, -0.1) is 5.10 Å². The summed E-state index contributed by atoms with van der Waals surface area (Å²) in [6, 6.07) is 15.6. The number of hydrogen-bond donors (Lipinski definition) is 1. The smallest absolute Gasteiger partial charge is 0.227 e. The van der Waals surface area contributed by atoms with Gasteiger partial charge in [0.25, 0.3) is 0 Å². The lowest BCUT2D eigenvalue weighted by atomic mass is 9.85. The summed E-state index contributed by atoms with van der Waals surface area (Å²) in [6.07, 6.45) is 2.21. The molecule has 3 aromatic rings. The van der Waals surface area contributed by atoms with Gasteiger partial charge >= 0.3 is 0 Å². The number of allylic oxidation sites excluding steroid dienone is 2. The highest BCUT2D eigenvalue weighted by molar-refractivity contribution is 7.98. The molecule has 0 fully saturated rings. The van der Waals surface area contributed by atoms with E-state index in [9.17, 15) is 4.79 Å². The van der Waals surface area contributed by atoms with Crippen LogP contribution >= 0.6 is 11.8 Å². The molecule has 0 bridgehead atoms. The Morgan fingerprint density at radius 2 is 1.91 bits per heavy atom. The predicted molar refractivity (Wildman–Crippen MR) is 123 cm³/mol. The van der Waals surface area contributed by atoms with Gasteiger partial charge in [-0.25, -0.2) is 4.68 Å². The number of aromatic nitrogens is 3.